The van der Waals surface area contributed by atoms with Crippen molar-refractivity contribution in [3.05, 3.63) is 60.2 Å². The fourth-order valence-electron chi connectivity index (χ4n) is 1.79. The minimum absolute atomic E-state index is 0.0845. The first-order valence-corrected chi connectivity index (χ1v) is 6.77. The van der Waals surface area contributed by atoms with Crippen molar-refractivity contribution >= 4 is 23.2 Å². The van der Waals surface area contributed by atoms with Crippen molar-refractivity contribution in [2.75, 3.05) is 11.8 Å². The Hall–Kier alpha value is -1.02. The first-order valence-electron chi connectivity index (χ1n) is 5.70. The lowest BCUT2D eigenvalue weighted by atomic mass is 9.95. The van der Waals surface area contributed by atoms with E-state index >= 15 is 0 Å². The quantitative estimate of drug-likeness (QED) is 0.839. The highest BCUT2D eigenvalue weighted by atomic mass is 35.5. The number of aliphatic hydroxyl groups is 1. The molecular formula is C15H14Cl2O. The first-order chi connectivity index (χ1) is 8.69. The maximum Gasteiger partial charge on any atom is 0.117 e. The molecule has 2 aromatic carbocycles. The Kier molecular flexibility index (Phi) is 4.28. The van der Waals surface area contributed by atoms with Gasteiger partial charge in [0.05, 0.1) is 11.8 Å². The lowest BCUT2D eigenvalue weighted by molar-refractivity contribution is 0.0862. The molecule has 0 aromatic heterocycles. The topological polar surface area (TPSA) is 20.2 Å². The summed E-state index contributed by atoms with van der Waals surface area (Å²) in [5, 5.41) is 10.2. The van der Waals surface area contributed by atoms with E-state index in [1.54, 1.807) is 0 Å². The van der Waals surface area contributed by atoms with Crippen LogP contribution in [0.25, 0.3) is 11.1 Å². The van der Waals surface area contributed by atoms with Crippen LogP contribution in [-0.4, -0.2) is 16.9 Å². The van der Waals surface area contributed by atoms with Crippen LogP contribution in [-0.2, 0) is 5.60 Å². The fraction of sp³-hybridized carbons (Fsp3) is 0.200. The van der Waals surface area contributed by atoms with Crippen molar-refractivity contribution in [1.82, 2.24) is 0 Å². The van der Waals surface area contributed by atoms with Crippen LogP contribution in [0.3, 0.4) is 0 Å². The van der Waals surface area contributed by atoms with Crippen molar-refractivity contribution in [2.45, 2.75) is 5.60 Å². The van der Waals surface area contributed by atoms with Crippen molar-refractivity contribution in [3.63, 3.8) is 0 Å². The van der Waals surface area contributed by atoms with Crippen LogP contribution in [0.4, 0.5) is 0 Å². The van der Waals surface area contributed by atoms with Gasteiger partial charge in [-0.25, -0.2) is 0 Å². The van der Waals surface area contributed by atoms with Gasteiger partial charge in [-0.1, -0.05) is 54.6 Å². The van der Waals surface area contributed by atoms with E-state index in [1.807, 2.05) is 54.6 Å². The molecule has 1 nitrogen and oxygen atoms in total. The molecule has 1 N–H and O–H groups in total. The van der Waals surface area contributed by atoms with Gasteiger partial charge in [-0.15, -0.1) is 23.2 Å². The van der Waals surface area contributed by atoms with Crippen LogP contribution >= 0.6 is 23.2 Å². The molecule has 0 unspecified atom stereocenters. The maximum absolute atomic E-state index is 10.2. The molecule has 0 bridgehead atoms. The molecular weight excluding hydrogens is 267 g/mol. The average Bonchev–Trinajstić information content (AvgIpc) is 2.47. The molecule has 0 saturated carbocycles. The summed E-state index contributed by atoms with van der Waals surface area (Å²) >= 11 is 11.5. The zero-order valence-electron chi connectivity index (χ0n) is 9.81. The third-order valence-corrected chi connectivity index (χ3v) is 3.86. The minimum atomic E-state index is -1.15. The Morgan fingerprint density at radius 3 is 1.78 bits per heavy atom. The highest BCUT2D eigenvalue weighted by molar-refractivity contribution is 6.21. The molecule has 94 valence electrons. The van der Waals surface area contributed by atoms with Gasteiger partial charge in [-0.2, -0.15) is 0 Å². The van der Waals surface area contributed by atoms with Crippen molar-refractivity contribution in [1.29, 1.82) is 0 Å². The summed E-state index contributed by atoms with van der Waals surface area (Å²) in [6.07, 6.45) is 0. The van der Waals surface area contributed by atoms with E-state index < -0.39 is 5.60 Å². The third-order valence-electron chi connectivity index (χ3n) is 2.97. The van der Waals surface area contributed by atoms with E-state index in [2.05, 4.69) is 0 Å². The Balaban J connectivity index is 2.31. The van der Waals surface area contributed by atoms with Gasteiger partial charge in [0.25, 0.3) is 0 Å². The first kappa shape index (κ1) is 13.4. The van der Waals surface area contributed by atoms with Crippen LogP contribution in [0, 0.1) is 0 Å². The molecule has 0 saturated heterocycles. The second kappa shape index (κ2) is 5.75. The summed E-state index contributed by atoms with van der Waals surface area (Å²) in [6, 6.07) is 17.7. The van der Waals surface area contributed by atoms with Crippen LogP contribution in [0.1, 0.15) is 5.56 Å². The van der Waals surface area contributed by atoms with Crippen LogP contribution in [0.15, 0.2) is 54.6 Å². The Morgan fingerprint density at radius 2 is 1.28 bits per heavy atom. The normalized spacial score (nSPS) is 11.5. The van der Waals surface area contributed by atoms with Gasteiger partial charge in [-0.05, 0) is 16.7 Å². The van der Waals surface area contributed by atoms with Gasteiger partial charge in [0, 0.05) is 0 Å². The second-order valence-electron chi connectivity index (χ2n) is 4.24. The van der Waals surface area contributed by atoms with Gasteiger partial charge in [-0.3, -0.25) is 0 Å². The highest BCUT2D eigenvalue weighted by Gasteiger charge is 2.26. The average molecular weight is 281 g/mol. The van der Waals surface area contributed by atoms with Crippen molar-refractivity contribution in [3.8, 4) is 11.1 Å². The molecule has 0 aliphatic heterocycles. The largest absolute Gasteiger partial charge is 0.383 e. The molecule has 2 rings (SSSR count). The molecule has 0 atom stereocenters. The molecule has 0 heterocycles. The zero-order chi connectivity index (χ0) is 13.0. The minimum Gasteiger partial charge on any atom is -0.383 e. The predicted molar refractivity (Wildman–Crippen MR) is 77.2 cm³/mol. The second-order valence-corrected chi connectivity index (χ2v) is 4.78. The monoisotopic (exact) mass is 280 g/mol. The maximum atomic E-state index is 10.2. The van der Waals surface area contributed by atoms with E-state index in [9.17, 15) is 5.11 Å². The number of alkyl halides is 2. The number of hydrogen-bond acceptors (Lipinski definition) is 1. The molecule has 0 aliphatic rings. The van der Waals surface area contributed by atoms with Gasteiger partial charge < -0.3 is 5.11 Å². The van der Waals surface area contributed by atoms with Crippen molar-refractivity contribution in [2.24, 2.45) is 0 Å². The molecule has 3 heteroatoms. The van der Waals surface area contributed by atoms with Gasteiger partial charge in [0.15, 0.2) is 0 Å². The summed E-state index contributed by atoms with van der Waals surface area (Å²) in [4.78, 5) is 0. The van der Waals surface area contributed by atoms with E-state index in [4.69, 9.17) is 23.2 Å². The molecule has 0 spiro atoms. The number of hydrogen-bond donors (Lipinski definition) is 1. The van der Waals surface area contributed by atoms with Gasteiger partial charge in [0.1, 0.15) is 5.60 Å². The summed E-state index contributed by atoms with van der Waals surface area (Å²) < 4.78 is 0. The molecule has 0 aliphatic carbocycles. The standard InChI is InChI=1S/C15H14Cl2O/c16-10-15(18,11-17)14-8-6-13(7-9-14)12-4-2-1-3-5-12/h1-9,18H,10-11H2. The summed E-state index contributed by atoms with van der Waals surface area (Å²) in [7, 11) is 0. The van der Waals surface area contributed by atoms with Gasteiger partial charge >= 0.3 is 0 Å². The smallest absolute Gasteiger partial charge is 0.117 e. The Bertz CT molecular complexity index is 490. The van der Waals surface area contributed by atoms with Gasteiger partial charge in [0.2, 0.25) is 0 Å². The number of benzene rings is 2. The van der Waals surface area contributed by atoms with E-state index in [0.29, 0.717) is 0 Å². The van der Waals surface area contributed by atoms with Crippen LogP contribution in [0.5, 0.6) is 0 Å². The van der Waals surface area contributed by atoms with E-state index in [-0.39, 0.29) is 11.8 Å². The molecule has 0 amide bonds. The lowest BCUT2D eigenvalue weighted by Gasteiger charge is -2.23. The number of rotatable bonds is 4. The zero-order valence-corrected chi connectivity index (χ0v) is 11.3. The molecule has 2 aromatic rings. The highest BCUT2D eigenvalue weighted by Crippen LogP contribution is 2.27. The number of halogens is 2. The summed E-state index contributed by atoms with van der Waals surface area (Å²) in [5.74, 6) is 0.169. The van der Waals surface area contributed by atoms with Crippen LogP contribution < -0.4 is 0 Å². The molecule has 0 fully saturated rings. The molecule has 0 radical (unpaired) electrons. The molecule has 18 heavy (non-hydrogen) atoms. The van der Waals surface area contributed by atoms with Crippen LogP contribution in [0.2, 0.25) is 0 Å². The fourth-order valence-corrected chi connectivity index (χ4v) is 2.39. The van der Waals surface area contributed by atoms with E-state index in [1.165, 1.54) is 0 Å². The Labute approximate surface area is 117 Å². The predicted octanol–water partition coefficient (Wildman–Crippen LogP) is 4.02. The third kappa shape index (κ3) is 2.69. The lowest BCUT2D eigenvalue weighted by Crippen LogP contribution is -2.29. The van der Waals surface area contributed by atoms with E-state index in [0.717, 1.165) is 16.7 Å². The summed E-state index contributed by atoms with van der Waals surface area (Å²) in [5.41, 5.74) is 1.83. The summed E-state index contributed by atoms with van der Waals surface area (Å²) in [6.45, 7) is 0. The SMILES string of the molecule is OC(CCl)(CCl)c1ccc(-c2ccccc2)cc1. The Morgan fingerprint density at radius 1 is 0.778 bits per heavy atom. The van der Waals surface area contributed by atoms with Crippen molar-refractivity contribution < 1.29 is 5.11 Å².